The highest BCUT2D eigenvalue weighted by atomic mass is 32.2. The van der Waals surface area contributed by atoms with Gasteiger partial charge in [-0.15, -0.1) is 0 Å². The van der Waals surface area contributed by atoms with Gasteiger partial charge in [-0.2, -0.15) is 8.42 Å². The maximum absolute atomic E-state index is 11.4. The van der Waals surface area contributed by atoms with E-state index in [1.54, 1.807) is 0 Å². The summed E-state index contributed by atoms with van der Waals surface area (Å²) in [6.07, 6.45) is 0.0736. The number of carbonyl (C=O) groups is 2. The van der Waals surface area contributed by atoms with Crippen molar-refractivity contribution in [2.45, 2.75) is 6.42 Å². The fourth-order valence-electron chi connectivity index (χ4n) is 1.07. The van der Waals surface area contributed by atoms with E-state index in [0.29, 0.717) is 0 Å². The maximum Gasteiger partial charge on any atom is 0.347 e. The van der Waals surface area contributed by atoms with Crippen LogP contribution in [0.5, 0.6) is 5.88 Å². The molecule has 0 saturated carbocycles. The Morgan fingerprint density at radius 2 is 2.06 bits per heavy atom. The van der Waals surface area contributed by atoms with Gasteiger partial charge < -0.3 is 18.5 Å². The predicted octanol–water partition coefficient (Wildman–Crippen LogP) is -0.573. The van der Waals surface area contributed by atoms with E-state index in [9.17, 15) is 18.0 Å². The molecule has 1 heterocycles. The number of nitrogens with zero attached hydrogens (tertiary/aromatic N) is 1. The van der Waals surface area contributed by atoms with Crippen LogP contribution in [-0.4, -0.2) is 44.0 Å². The number of ether oxygens (including phenoxy) is 1. The molecule has 0 aliphatic rings. The van der Waals surface area contributed by atoms with Crippen LogP contribution >= 0.6 is 0 Å². The molecule has 9 nitrogen and oxygen atoms in total. The number of esters is 1. The average Bonchev–Trinajstić information content (AvgIpc) is 2.56. The molecule has 0 spiro atoms. The Morgan fingerprint density at radius 1 is 1.44 bits per heavy atom. The van der Waals surface area contributed by atoms with Crippen molar-refractivity contribution in [2.75, 3.05) is 13.4 Å². The molecular formula is C8H9NO8S. The van der Waals surface area contributed by atoms with Gasteiger partial charge in [-0.25, -0.2) is 4.79 Å². The lowest BCUT2D eigenvalue weighted by Gasteiger charge is -2.01. The van der Waals surface area contributed by atoms with E-state index in [2.05, 4.69) is 18.6 Å². The molecule has 0 unspecified atom stereocenters. The molecule has 18 heavy (non-hydrogen) atoms. The Hall–Kier alpha value is -2.10. The van der Waals surface area contributed by atoms with E-state index in [1.807, 2.05) is 0 Å². The maximum atomic E-state index is 11.4. The number of carboxylic acids is 1. The summed E-state index contributed by atoms with van der Waals surface area (Å²) in [5.74, 6) is -3.30. The molecule has 0 aliphatic heterocycles. The number of hydrogen-bond donors (Lipinski definition) is 1. The van der Waals surface area contributed by atoms with E-state index < -0.39 is 39.9 Å². The van der Waals surface area contributed by atoms with Gasteiger partial charge in [-0.05, 0) is 5.16 Å². The quantitative estimate of drug-likeness (QED) is 0.555. The van der Waals surface area contributed by atoms with Crippen LogP contribution in [0.15, 0.2) is 4.52 Å². The molecule has 0 aromatic carbocycles. The van der Waals surface area contributed by atoms with E-state index in [4.69, 9.17) is 5.11 Å². The SMILES string of the molecule is COC(=O)c1c(OS(C)(=O)=O)noc1CC(=O)O. The number of aliphatic carboxylic acids is 1. The summed E-state index contributed by atoms with van der Waals surface area (Å²) in [7, 11) is -2.90. The van der Waals surface area contributed by atoms with Gasteiger partial charge in [0.25, 0.3) is 5.88 Å². The fourth-order valence-corrected chi connectivity index (χ4v) is 1.47. The Kier molecular flexibility index (Phi) is 3.91. The van der Waals surface area contributed by atoms with E-state index in [1.165, 1.54) is 0 Å². The summed E-state index contributed by atoms with van der Waals surface area (Å²) >= 11 is 0. The Balaban J connectivity index is 3.23. The summed E-state index contributed by atoms with van der Waals surface area (Å²) in [5.41, 5.74) is -0.467. The molecule has 0 fully saturated rings. The lowest BCUT2D eigenvalue weighted by molar-refractivity contribution is -0.136. The zero-order chi connectivity index (χ0) is 13.9. The summed E-state index contributed by atoms with van der Waals surface area (Å²) < 4.78 is 35.2. The van der Waals surface area contributed by atoms with Gasteiger partial charge >= 0.3 is 22.1 Å². The Bertz CT molecular complexity index is 572. The largest absolute Gasteiger partial charge is 0.481 e. The molecule has 10 heteroatoms. The fraction of sp³-hybridized carbons (Fsp3) is 0.375. The predicted molar refractivity (Wildman–Crippen MR) is 54.7 cm³/mol. The van der Waals surface area contributed by atoms with Gasteiger partial charge in [0.15, 0.2) is 11.3 Å². The highest BCUT2D eigenvalue weighted by Crippen LogP contribution is 2.24. The van der Waals surface area contributed by atoms with Crippen molar-refractivity contribution in [2.24, 2.45) is 0 Å². The van der Waals surface area contributed by atoms with Crippen molar-refractivity contribution in [3.8, 4) is 5.88 Å². The van der Waals surface area contributed by atoms with Gasteiger partial charge in [0.1, 0.15) is 6.42 Å². The smallest absolute Gasteiger partial charge is 0.347 e. The number of carboxylic acid groups (broad SMARTS) is 1. The summed E-state index contributed by atoms with van der Waals surface area (Å²) in [6.45, 7) is 0. The monoisotopic (exact) mass is 279 g/mol. The number of aromatic nitrogens is 1. The van der Waals surface area contributed by atoms with Gasteiger partial charge in [0.2, 0.25) is 0 Å². The molecule has 0 radical (unpaired) electrons. The van der Waals surface area contributed by atoms with Gasteiger partial charge in [-0.1, -0.05) is 0 Å². The van der Waals surface area contributed by atoms with Crippen molar-refractivity contribution in [3.63, 3.8) is 0 Å². The van der Waals surface area contributed by atoms with E-state index in [0.717, 1.165) is 13.4 Å². The minimum atomic E-state index is -3.93. The third-order valence-electron chi connectivity index (χ3n) is 1.66. The van der Waals surface area contributed by atoms with Crippen molar-refractivity contribution >= 4 is 22.1 Å². The normalized spacial score (nSPS) is 11.0. The standard InChI is InChI=1S/C8H9NO8S/c1-15-8(12)6-4(3-5(10)11)16-9-7(6)17-18(2,13)14/h3H2,1-2H3,(H,10,11). The highest BCUT2D eigenvalue weighted by Gasteiger charge is 2.28. The average molecular weight is 279 g/mol. The molecule has 0 saturated heterocycles. The first kappa shape index (κ1) is 14.0. The van der Waals surface area contributed by atoms with Gasteiger partial charge in [0, 0.05) is 0 Å². The first-order valence-corrected chi connectivity index (χ1v) is 6.24. The second-order valence-corrected chi connectivity index (χ2v) is 4.71. The van der Waals surface area contributed by atoms with Crippen LogP contribution in [0.3, 0.4) is 0 Å². The van der Waals surface area contributed by atoms with Crippen molar-refractivity contribution in [1.29, 1.82) is 0 Å². The van der Waals surface area contributed by atoms with E-state index in [-0.39, 0.29) is 5.76 Å². The number of hydrogen-bond acceptors (Lipinski definition) is 8. The molecule has 0 atom stereocenters. The molecule has 1 N–H and O–H groups in total. The zero-order valence-electron chi connectivity index (χ0n) is 9.37. The van der Waals surface area contributed by atoms with Crippen LogP contribution < -0.4 is 4.18 Å². The molecule has 0 amide bonds. The lowest BCUT2D eigenvalue weighted by atomic mass is 10.2. The van der Waals surface area contributed by atoms with Crippen LogP contribution in [0.25, 0.3) is 0 Å². The molecule has 0 bridgehead atoms. The van der Waals surface area contributed by atoms with Crippen LogP contribution in [0.2, 0.25) is 0 Å². The summed E-state index contributed by atoms with van der Waals surface area (Å²) in [6, 6.07) is 0. The number of methoxy groups -OCH3 is 1. The van der Waals surface area contributed by atoms with Crippen LogP contribution in [0, 0.1) is 0 Å². The molecule has 1 rings (SSSR count). The first-order valence-electron chi connectivity index (χ1n) is 4.42. The van der Waals surface area contributed by atoms with Crippen molar-refractivity contribution in [3.05, 3.63) is 11.3 Å². The third kappa shape index (κ3) is 3.45. The van der Waals surface area contributed by atoms with Crippen LogP contribution in [0.4, 0.5) is 0 Å². The minimum Gasteiger partial charge on any atom is -0.481 e. The number of carbonyl (C=O) groups excluding carboxylic acids is 1. The molecule has 1 aromatic rings. The lowest BCUT2D eigenvalue weighted by Crippen LogP contribution is -2.12. The Labute approximate surface area is 101 Å². The number of rotatable bonds is 5. The van der Waals surface area contributed by atoms with Crippen molar-refractivity contribution in [1.82, 2.24) is 5.16 Å². The molecule has 100 valence electrons. The Morgan fingerprint density at radius 3 is 2.50 bits per heavy atom. The molecule has 0 aliphatic carbocycles. The second kappa shape index (κ2) is 5.04. The topological polar surface area (TPSA) is 133 Å². The van der Waals surface area contributed by atoms with Gasteiger partial charge in [0.05, 0.1) is 13.4 Å². The minimum absolute atomic E-state index is 0.354. The van der Waals surface area contributed by atoms with Crippen molar-refractivity contribution < 1.29 is 36.6 Å². The molecule has 1 aromatic heterocycles. The summed E-state index contributed by atoms with van der Waals surface area (Å²) in [4.78, 5) is 21.9. The zero-order valence-corrected chi connectivity index (χ0v) is 10.2. The third-order valence-corrected chi connectivity index (χ3v) is 2.12. The first-order chi connectivity index (χ1) is 8.24. The van der Waals surface area contributed by atoms with E-state index >= 15 is 0 Å². The molecular weight excluding hydrogens is 270 g/mol. The second-order valence-electron chi connectivity index (χ2n) is 3.14. The van der Waals surface area contributed by atoms with Crippen LogP contribution in [-0.2, 0) is 26.1 Å². The highest BCUT2D eigenvalue weighted by molar-refractivity contribution is 7.86. The summed E-state index contributed by atoms with van der Waals surface area (Å²) in [5, 5.41) is 11.8. The van der Waals surface area contributed by atoms with Gasteiger partial charge in [-0.3, -0.25) is 4.79 Å². The van der Waals surface area contributed by atoms with Crippen LogP contribution in [0.1, 0.15) is 16.1 Å².